The molecule has 0 aromatic rings. The van der Waals surface area contributed by atoms with Crippen LogP contribution in [0.1, 0.15) is 97.8 Å². The van der Waals surface area contributed by atoms with Gasteiger partial charge in [0.15, 0.2) is 6.10 Å². The van der Waals surface area contributed by atoms with E-state index in [1.165, 1.54) is 13.3 Å². The smallest absolute Gasteiger partial charge is 0.333 e. The molecule has 0 aliphatic rings. The summed E-state index contributed by atoms with van der Waals surface area (Å²) in [7, 11) is 0. The quantitative estimate of drug-likeness (QED) is 0.132. The second-order valence-electron chi connectivity index (χ2n) is 7.50. The summed E-state index contributed by atoms with van der Waals surface area (Å²) in [5.74, 6) is -1.25. The lowest BCUT2D eigenvalue weighted by atomic mass is 10.1. The predicted molar refractivity (Wildman–Crippen MR) is 113 cm³/mol. The van der Waals surface area contributed by atoms with Crippen molar-refractivity contribution in [2.75, 3.05) is 13.2 Å². The summed E-state index contributed by atoms with van der Waals surface area (Å²) < 4.78 is 15.7. The highest BCUT2D eigenvalue weighted by Gasteiger charge is 2.19. The van der Waals surface area contributed by atoms with Crippen LogP contribution in [-0.2, 0) is 28.6 Å². The van der Waals surface area contributed by atoms with E-state index < -0.39 is 12.1 Å². The molecular formula is C23H40O6. The molecule has 0 saturated carbocycles. The van der Waals surface area contributed by atoms with Crippen LogP contribution in [0, 0.1) is 0 Å². The van der Waals surface area contributed by atoms with Gasteiger partial charge in [0.25, 0.3) is 0 Å². The number of carbonyl (C=O) groups is 3. The van der Waals surface area contributed by atoms with Crippen molar-refractivity contribution in [1.82, 2.24) is 0 Å². The molecule has 0 aromatic carbocycles. The van der Waals surface area contributed by atoms with E-state index in [2.05, 4.69) is 20.4 Å². The van der Waals surface area contributed by atoms with Crippen LogP contribution in [0.2, 0.25) is 0 Å². The summed E-state index contributed by atoms with van der Waals surface area (Å²) in [6, 6.07) is 0. The zero-order valence-electron chi connectivity index (χ0n) is 18.6. The van der Waals surface area contributed by atoms with Crippen LogP contribution in [0.25, 0.3) is 0 Å². The Morgan fingerprint density at radius 3 is 1.72 bits per heavy atom. The minimum Gasteiger partial charge on any atom is -0.462 e. The normalized spacial score (nSPS) is 11.6. The molecule has 0 aromatic heterocycles. The highest BCUT2D eigenvalue weighted by molar-refractivity contribution is 5.86. The van der Waals surface area contributed by atoms with Crippen LogP contribution in [0.3, 0.4) is 0 Å². The molecule has 29 heavy (non-hydrogen) atoms. The number of rotatable bonds is 18. The number of hydrogen-bond donors (Lipinski definition) is 0. The third-order valence-corrected chi connectivity index (χ3v) is 4.45. The van der Waals surface area contributed by atoms with Gasteiger partial charge in [0.1, 0.15) is 13.2 Å². The Bertz CT molecular complexity index is 486. The monoisotopic (exact) mass is 412 g/mol. The summed E-state index contributed by atoms with van der Waals surface area (Å²) in [6.07, 6.45) is 10.2. The molecule has 6 heteroatoms. The number of hydrogen-bond acceptors (Lipinski definition) is 6. The van der Waals surface area contributed by atoms with E-state index in [-0.39, 0.29) is 30.7 Å². The summed E-state index contributed by atoms with van der Waals surface area (Å²) in [5.41, 5.74) is 0.259. The lowest BCUT2D eigenvalue weighted by Crippen LogP contribution is -2.31. The zero-order chi connectivity index (χ0) is 21.9. The largest absolute Gasteiger partial charge is 0.462 e. The van der Waals surface area contributed by atoms with E-state index in [1.807, 2.05) is 0 Å². The van der Waals surface area contributed by atoms with Crippen LogP contribution < -0.4 is 0 Å². The standard InChI is InChI=1S/C23H40O6/c1-5-7-9-11-13-15-21(24)27-17-20(18-28-23(26)19(3)4)29-22(25)16-14-12-10-8-6-2/h20H,3,5-18H2,1-2,4H3. The Labute approximate surface area is 176 Å². The zero-order valence-corrected chi connectivity index (χ0v) is 18.6. The Morgan fingerprint density at radius 2 is 1.21 bits per heavy atom. The first kappa shape index (κ1) is 27.1. The van der Waals surface area contributed by atoms with Gasteiger partial charge in [-0.25, -0.2) is 4.79 Å². The predicted octanol–water partition coefficient (Wildman–Crippen LogP) is 5.28. The highest BCUT2D eigenvalue weighted by atomic mass is 16.6. The molecule has 168 valence electrons. The van der Waals surface area contributed by atoms with Crippen LogP contribution in [0.15, 0.2) is 12.2 Å². The van der Waals surface area contributed by atoms with Crippen molar-refractivity contribution in [2.24, 2.45) is 0 Å². The third kappa shape index (κ3) is 16.8. The topological polar surface area (TPSA) is 78.9 Å². The highest BCUT2D eigenvalue weighted by Crippen LogP contribution is 2.09. The average Bonchev–Trinajstić information content (AvgIpc) is 2.69. The first-order valence-corrected chi connectivity index (χ1v) is 11.1. The maximum Gasteiger partial charge on any atom is 0.333 e. The molecule has 0 heterocycles. The molecule has 0 fully saturated rings. The molecular weight excluding hydrogens is 372 g/mol. The van der Waals surface area contributed by atoms with Crippen molar-refractivity contribution < 1.29 is 28.6 Å². The number of esters is 3. The number of unbranched alkanes of at least 4 members (excludes halogenated alkanes) is 8. The Kier molecular flexibility index (Phi) is 17.0. The SMILES string of the molecule is C=C(C)C(=O)OCC(COC(=O)CCCCCCC)OC(=O)CCCCCCC. The molecule has 0 amide bonds. The van der Waals surface area contributed by atoms with Crippen LogP contribution in [0.4, 0.5) is 0 Å². The van der Waals surface area contributed by atoms with Crippen molar-refractivity contribution in [3.8, 4) is 0 Å². The first-order valence-electron chi connectivity index (χ1n) is 11.1. The fourth-order valence-corrected chi connectivity index (χ4v) is 2.66. The van der Waals surface area contributed by atoms with Crippen molar-refractivity contribution >= 4 is 17.9 Å². The van der Waals surface area contributed by atoms with Gasteiger partial charge in [-0.1, -0.05) is 71.8 Å². The molecule has 1 unspecified atom stereocenters. The summed E-state index contributed by atoms with van der Waals surface area (Å²) in [4.78, 5) is 35.6. The van der Waals surface area contributed by atoms with Gasteiger partial charge < -0.3 is 14.2 Å². The maximum atomic E-state index is 12.1. The van der Waals surface area contributed by atoms with Gasteiger partial charge in [0.2, 0.25) is 0 Å². The average molecular weight is 413 g/mol. The van der Waals surface area contributed by atoms with Crippen LogP contribution in [0.5, 0.6) is 0 Å². The Hall–Kier alpha value is -1.85. The first-order chi connectivity index (χ1) is 13.9. The molecule has 0 saturated heterocycles. The van der Waals surface area contributed by atoms with E-state index in [0.717, 1.165) is 57.8 Å². The van der Waals surface area contributed by atoms with Crippen molar-refractivity contribution in [3.63, 3.8) is 0 Å². The van der Waals surface area contributed by atoms with Gasteiger partial charge >= 0.3 is 17.9 Å². The Morgan fingerprint density at radius 1 is 0.724 bits per heavy atom. The van der Waals surface area contributed by atoms with Crippen molar-refractivity contribution in [3.05, 3.63) is 12.2 Å². The minimum atomic E-state index is -0.800. The van der Waals surface area contributed by atoms with Crippen LogP contribution >= 0.6 is 0 Å². The van der Waals surface area contributed by atoms with Gasteiger partial charge in [-0.2, -0.15) is 0 Å². The molecule has 0 aliphatic heterocycles. The van der Waals surface area contributed by atoms with Gasteiger partial charge in [-0.3, -0.25) is 9.59 Å². The lowest BCUT2D eigenvalue weighted by Gasteiger charge is -2.18. The minimum absolute atomic E-state index is 0.112. The summed E-state index contributed by atoms with van der Waals surface area (Å²) in [6.45, 7) is 9.07. The van der Waals surface area contributed by atoms with E-state index in [1.54, 1.807) is 0 Å². The van der Waals surface area contributed by atoms with Crippen LogP contribution in [-0.4, -0.2) is 37.2 Å². The molecule has 0 aliphatic carbocycles. The Balaban J connectivity index is 4.34. The second kappa shape index (κ2) is 18.2. The molecule has 0 bridgehead atoms. The van der Waals surface area contributed by atoms with Gasteiger partial charge in [-0.05, 0) is 19.8 Å². The molecule has 0 rings (SSSR count). The van der Waals surface area contributed by atoms with E-state index in [9.17, 15) is 14.4 Å². The van der Waals surface area contributed by atoms with Gasteiger partial charge in [0.05, 0.1) is 0 Å². The molecule has 6 nitrogen and oxygen atoms in total. The van der Waals surface area contributed by atoms with E-state index in [4.69, 9.17) is 14.2 Å². The summed E-state index contributed by atoms with van der Waals surface area (Å²) in [5, 5.41) is 0. The lowest BCUT2D eigenvalue weighted by molar-refractivity contribution is -0.165. The number of carbonyl (C=O) groups excluding carboxylic acids is 3. The maximum absolute atomic E-state index is 12.1. The molecule has 1 atom stereocenters. The molecule has 0 radical (unpaired) electrons. The molecule has 0 spiro atoms. The van der Waals surface area contributed by atoms with E-state index in [0.29, 0.717) is 12.8 Å². The van der Waals surface area contributed by atoms with Gasteiger partial charge in [0, 0.05) is 18.4 Å². The van der Waals surface area contributed by atoms with Crippen molar-refractivity contribution in [1.29, 1.82) is 0 Å². The van der Waals surface area contributed by atoms with Gasteiger partial charge in [-0.15, -0.1) is 0 Å². The third-order valence-electron chi connectivity index (χ3n) is 4.45. The molecule has 0 N–H and O–H groups in total. The fraction of sp³-hybridized carbons (Fsp3) is 0.783. The summed E-state index contributed by atoms with van der Waals surface area (Å²) >= 11 is 0. The second-order valence-corrected chi connectivity index (χ2v) is 7.50. The fourth-order valence-electron chi connectivity index (χ4n) is 2.66. The van der Waals surface area contributed by atoms with E-state index >= 15 is 0 Å². The van der Waals surface area contributed by atoms with Crippen molar-refractivity contribution in [2.45, 2.75) is 104 Å². The number of ether oxygens (including phenoxy) is 3.